The predicted octanol–water partition coefficient (Wildman–Crippen LogP) is 4.51. The molecule has 2 rings (SSSR count). The Bertz CT molecular complexity index is 472. The maximum absolute atomic E-state index is 2.50. The standard InChI is InChI=1S/C17H24Si/c1-17(2,3)14-11-12-16(13-14)18(4,5)15-9-7-6-8-10-15/h6-13,16H,1-5H3. The molecule has 18 heavy (non-hydrogen) atoms. The molecule has 0 saturated carbocycles. The Labute approximate surface area is 112 Å². The maximum atomic E-state index is 2.50. The number of hydrogen-bond acceptors (Lipinski definition) is 0. The van der Waals surface area contributed by atoms with Crippen molar-refractivity contribution >= 4 is 13.3 Å². The molecular weight excluding hydrogens is 232 g/mol. The van der Waals surface area contributed by atoms with E-state index in [0.717, 1.165) is 0 Å². The van der Waals surface area contributed by atoms with Crippen LogP contribution in [-0.4, -0.2) is 8.07 Å². The Kier molecular flexibility index (Phi) is 3.37. The molecule has 1 heteroatoms. The molecule has 96 valence electrons. The first-order chi connectivity index (χ1) is 8.32. The first-order valence-electron chi connectivity index (χ1n) is 6.78. The van der Waals surface area contributed by atoms with Crippen LogP contribution in [0.1, 0.15) is 20.8 Å². The molecule has 1 aliphatic rings. The predicted molar refractivity (Wildman–Crippen MR) is 84.0 cm³/mol. The zero-order valence-electron chi connectivity index (χ0n) is 12.2. The summed E-state index contributed by atoms with van der Waals surface area (Å²) in [5.41, 5.74) is 2.39. The molecule has 1 atom stereocenters. The number of benzene rings is 1. The molecule has 0 heterocycles. The van der Waals surface area contributed by atoms with Crippen molar-refractivity contribution in [2.24, 2.45) is 5.41 Å². The van der Waals surface area contributed by atoms with Crippen LogP contribution >= 0.6 is 0 Å². The van der Waals surface area contributed by atoms with Gasteiger partial charge in [0.05, 0.1) is 8.07 Å². The Morgan fingerprint density at radius 3 is 2.11 bits per heavy atom. The normalized spacial score (nSPS) is 20.1. The molecule has 0 saturated heterocycles. The summed E-state index contributed by atoms with van der Waals surface area (Å²) in [7, 11) is -1.43. The average molecular weight is 256 g/mol. The van der Waals surface area contributed by atoms with Gasteiger partial charge in [0.15, 0.2) is 0 Å². The van der Waals surface area contributed by atoms with Crippen molar-refractivity contribution in [3.05, 3.63) is 54.1 Å². The van der Waals surface area contributed by atoms with E-state index in [0.29, 0.717) is 5.54 Å². The minimum atomic E-state index is -1.43. The highest BCUT2D eigenvalue weighted by Gasteiger charge is 2.33. The van der Waals surface area contributed by atoms with Gasteiger partial charge in [-0.05, 0) is 16.5 Å². The topological polar surface area (TPSA) is 0 Å². The third-order valence-electron chi connectivity index (χ3n) is 4.06. The number of rotatable bonds is 2. The molecule has 0 fully saturated rings. The Morgan fingerprint density at radius 2 is 1.61 bits per heavy atom. The summed E-state index contributed by atoms with van der Waals surface area (Å²) in [5.74, 6) is 0. The lowest BCUT2D eigenvalue weighted by Crippen LogP contribution is -2.44. The molecule has 0 aromatic heterocycles. The summed E-state index contributed by atoms with van der Waals surface area (Å²) in [6.45, 7) is 11.8. The highest BCUT2D eigenvalue weighted by molar-refractivity contribution is 6.91. The SMILES string of the molecule is CC(C)(C)C1=CC([Si](C)(C)c2ccccc2)C=C1. The number of hydrogen-bond donors (Lipinski definition) is 0. The van der Waals surface area contributed by atoms with Crippen molar-refractivity contribution in [2.75, 3.05) is 0 Å². The second-order valence-corrected chi connectivity index (χ2v) is 11.5. The molecule has 1 aromatic carbocycles. The first-order valence-corrected chi connectivity index (χ1v) is 9.85. The van der Waals surface area contributed by atoms with Crippen LogP contribution in [0.4, 0.5) is 0 Å². The zero-order valence-corrected chi connectivity index (χ0v) is 13.2. The molecule has 1 aromatic rings. The molecule has 1 aliphatic carbocycles. The number of allylic oxidation sites excluding steroid dienone is 4. The third kappa shape index (κ3) is 2.51. The van der Waals surface area contributed by atoms with Crippen LogP contribution in [0.5, 0.6) is 0 Å². The first kappa shape index (κ1) is 13.4. The van der Waals surface area contributed by atoms with E-state index in [2.05, 4.69) is 82.4 Å². The van der Waals surface area contributed by atoms with Gasteiger partial charge < -0.3 is 0 Å². The highest BCUT2D eigenvalue weighted by Crippen LogP contribution is 2.38. The Hall–Kier alpha value is -1.08. The lowest BCUT2D eigenvalue weighted by atomic mass is 9.87. The summed E-state index contributed by atoms with van der Waals surface area (Å²) in [6, 6.07) is 11.0. The molecule has 0 aliphatic heterocycles. The molecule has 0 N–H and O–H groups in total. The van der Waals surface area contributed by atoms with Gasteiger partial charge in [0, 0.05) is 0 Å². The van der Waals surface area contributed by atoms with E-state index in [9.17, 15) is 0 Å². The van der Waals surface area contributed by atoms with E-state index in [1.807, 2.05) is 0 Å². The van der Waals surface area contributed by atoms with Gasteiger partial charge in [-0.2, -0.15) is 0 Å². The summed E-state index contributed by atoms with van der Waals surface area (Å²) >= 11 is 0. The lowest BCUT2D eigenvalue weighted by molar-refractivity contribution is 0.518. The lowest BCUT2D eigenvalue weighted by Gasteiger charge is -2.28. The largest absolute Gasteiger partial charge is 0.0911 e. The van der Waals surface area contributed by atoms with Crippen molar-refractivity contribution in [1.82, 2.24) is 0 Å². The fourth-order valence-electron chi connectivity index (χ4n) is 2.52. The van der Waals surface area contributed by atoms with Crippen LogP contribution in [0.15, 0.2) is 54.1 Å². The minimum absolute atomic E-state index is 0.270. The van der Waals surface area contributed by atoms with Gasteiger partial charge in [-0.3, -0.25) is 0 Å². The highest BCUT2D eigenvalue weighted by atomic mass is 28.3. The summed E-state index contributed by atoms with van der Waals surface area (Å²) < 4.78 is 0. The third-order valence-corrected chi connectivity index (χ3v) is 7.91. The van der Waals surface area contributed by atoms with Gasteiger partial charge in [0.25, 0.3) is 0 Å². The van der Waals surface area contributed by atoms with Gasteiger partial charge in [0.1, 0.15) is 0 Å². The molecule has 0 nitrogen and oxygen atoms in total. The van der Waals surface area contributed by atoms with Crippen molar-refractivity contribution in [1.29, 1.82) is 0 Å². The summed E-state index contributed by atoms with van der Waals surface area (Å²) in [4.78, 5) is 0. The average Bonchev–Trinajstić information content (AvgIpc) is 2.79. The van der Waals surface area contributed by atoms with Crippen molar-refractivity contribution in [2.45, 2.75) is 39.4 Å². The van der Waals surface area contributed by atoms with E-state index in [1.165, 1.54) is 5.57 Å². The molecule has 0 amide bonds. The van der Waals surface area contributed by atoms with Gasteiger partial charge in [-0.25, -0.2) is 0 Å². The maximum Gasteiger partial charge on any atom is 0.0911 e. The second-order valence-electron chi connectivity index (χ2n) is 6.84. The molecule has 0 radical (unpaired) electrons. The van der Waals surface area contributed by atoms with Crippen LogP contribution in [0.3, 0.4) is 0 Å². The van der Waals surface area contributed by atoms with E-state index in [1.54, 1.807) is 5.19 Å². The van der Waals surface area contributed by atoms with E-state index >= 15 is 0 Å². The second kappa shape index (κ2) is 4.54. The van der Waals surface area contributed by atoms with Gasteiger partial charge in [-0.15, -0.1) is 0 Å². The van der Waals surface area contributed by atoms with Crippen molar-refractivity contribution in [3.8, 4) is 0 Å². The van der Waals surface area contributed by atoms with Crippen LogP contribution in [0, 0.1) is 5.41 Å². The molecule has 1 unspecified atom stereocenters. The van der Waals surface area contributed by atoms with Crippen molar-refractivity contribution in [3.63, 3.8) is 0 Å². The summed E-state index contributed by atoms with van der Waals surface area (Å²) in [5, 5.41) is 1.55. The van der Waals surface area contributed by atoms with Crippen molar-refractivity contribution < 1.29 is 0 Å². The Balaban J connectivity index is 2.30. The van der Waals surface area contributed by atoms with Crippen LogP contribution in [-0.2, 0) is 0 Å². The minimum Gasteiger partial charge on any atom is -0.0797 e. The smallest absolute Gasteiger partial charge is 0.0797 e. The zero-order chi connectivity index (χ0) is 13.4. The molecular formula is C17H24Si. The summed E-state index contributed by atoms with van der Waals surface area (Å²) in [6.07, 6.45) is 7.25. The van der Waals surface area contributed by atoms with Crippen LogP contribution in [0.25, 0.3) is 0 Å². The Morgan fingerprint density at radius 1 is 1.00 bits per heavy atom. The van der Waals surface area contributed by atoms with Gasteiger partial charge in [-0.1, -0.05) is 87.6 Å². The van der Waals surface area contributed by atoms with E-state index in [4.69, 9.17) is 0 Å². The monoisotopic (exact) mass is 256 g/mol. The molecule has 0 bridgehead atoms. The fourth-order valence-corrected chi connectivity index (χ4v) is 5.13. The van der Waals surface area contributed by atoms with Crippen LogP contribution in [0.2, 0.25) is 18.6 Å². The van der Waals surface area contributed by atoms with Crippen LogP contribution < -0.4 is 5.19 Å². The molecule has 0 spiro atoms. The fraction of sp³-hybridized carbons (Fsp3) is 0.412. The van der Waals surface area contributed by atoms with E-state index in [-0.39, 0.29) is 5.41 Å². The van der Waals surface area contributed by atoms with Gasteiger partial charge in [0.2, 0.25) is 0 Å². The van der Waals surface area contributed by atoms with Gasteiger partial charge >= 0.3 is 0 Å². The quantitative estimate of drug-likeness (QED) is 0.683. The van der Waals surface area contributed by atoms with E-state index < -0.39 is 8.07 Å².